The van der Waals surface area contributed by atoms with Gasteiger partial charge in [0, 0.05) is 35.6 Å². The molecule has 128 valence electrons. The Morgan fingerprint density at radius 2 is 2.00 bits per heavy atom. The van der Waals surface area contributed by atoms with Crippen LogP contribution < -0.4 is 16.5 Å². The van der Waals surface area contributed by atoms with Crippen molar-refractivity contribution in [3.05, 3.63) is 62.8 Å². The Morgan fingerprint density at radius 1 is 1.24 bits per heavy atom. The van der Waals surface area contributed by atoms with Crippen molar-refractivity contribution >= 4 is 22.3 Å². The number of nitro groups is 1. The van der Waals surface area contributed by atoms with Crippen molar-refractivity contribution in [2.75, 3.05) is 18.4 Å². The number of nitrogens with zero attached hydrogens (tertiary/aromatic N) is 1. The summed E-state index contributed by atoms with van der Waals surface area (Å²) in [6.45, 7) is 0.718. The van der Waals surface area contributed by atoms with Gasteiger partial charge >= 0.3 is 0 Å². The van der Waals surface area contributed by atoms with E-state index in [1.54, 1.807) is 30.3 Å². The number of aromatic hydroxyl groups is 1. The van der Waals surface area contributed by atoms with Crippen LogP contribution in [0.4, 0.5) is 11.4 Å². The highest BCUT2D eigenvalue weighted by Crippen LogP contribution is 2.33. The highest BCUT2D eigenvalue weighted by molar-refractivity contribution is 5.85. The van der Waals surface area contributed by atoms with E-state index in [1.165, 1.54) is 12.1 Å². The zero-order valence-corrected chi connectivity index (χ0v) is 13.2. The molecule has 0 saturated carbocycles. The molecular weight excluding hydrogens is 324 g/mol. The molecule has 0 atom stereocenters. The van der Waals surface area contributed by atoms with Crippen molar-refractivity contribution in [2.24, 2.45) is 5.73 Å². The summed E-state index contributed by atoms with van der Waals surface area (Å²) >= 11 is 0. The number of hydrogen-bond donors (Lipinski definition) is 4. The Morgan fingerprint density at radius 3 is 2.72 bits per heavy atom. The number of rotatable bonds is 5. The van der Waals surface area contributed by atoms with Crippen molar-refractivity contribution in [3.63, 3.8) is 0 Å². The molecule has 0 fully saturated rings. The molecule has 8 heteroatoms. The van der Waals surface area contributed by atoms with Crippen LogP contribution in [0.5, 0.6) is 5.75 Å². The number of aromatic amines is 1. The van der Waals surface area contributed by atoms with Gasteiger partial charge in [-0.2, -0.15) is 0 Å². The van der Waals surface area contributed by atoms with Gasteiger partial charge in [0.05, 0.1) is 10.6 Å². The molecule has 0 spiro atoms. The molecule has 2 aromatic carbocycles. The van der Waals surface area contributed by atoms with Gasteiger partial charge in [-0.15, -0.1) is 0 Å². The van der Waals surface area contributed by atoms with Crippen LogP contribution in [0.15, 0.2) is 47.3 Å². The van der Waals surface area contributed by atoms with Gasteiger partial charge in [-0.25, -0.2) is 0 Å². The Labute approximate surface area is 142 Å². The van der Waals surface area contributed by atoms with Gasteiger partial charge in [0.15, 0.2) is 5.75 Å². The Hall–Kier alpha value is -3.39. The van der Waals surface area contributed by atoms with E-state index in [9.17, 15) is 20.0 Å². The number of H-pyrrole nitrogens is 1. The first-order valence-electron chi connectivity index (χ1n) is 7.59. The first-order chi connectivity index (χ1) is 12.0. The van der Waals surface area contributed by atoms with Crippen molar-refractivity contribution in [1.82, 2.24) is 4.98 Å². The maximum Gasteiger partial charge on any atom is 0.292 e. The average Bonchev–Trinajstić information content (AvgIpc) is 2.63. The topological polar surface area (TPSA) is 134 Å². The fourth-order valence-corrected chi connectivity index (χ4v) is 2.63. The maximum absolute atomic E-state index is 12.3. The summed E-state index contributed by atoms with van der Waals surface area (Å²) in [5, 5.41) is 24.8. The number of nitrogens with two attached hydrogens (primary N) is 1. The van der Waals surface area contributed by atoms with Crippen molar-refractivity contribution in [3.8, 4) is 17.0 Å². The third-order valence-corrected chi connectivity index (χ3v) is 3.83. The van der Waals surface area contributed by atoms with Gasteiger partial charge in [0.1, 0.15) is 5.69 Å². The third kappa shape index (κ3) is 3.02. The van der Waals surface area contributed by atoms with E-state index in [0.717, 1.165) is 0 Å². The van der Waals surface area contributed by atoms with Gasteiger partial charge in [-0.1, -0.05) is 18.2 Å². The summed E-state index contributed by atoms with van der Waals surface area (Å²) in [6, 6.07) is 11.2. The monoisotopic (exact) mass is 340 g/mol. The minimum Gasteiger partial charge on any atom is -0.503 e. The Bertz CT molecular complexity index is 1010. The molecule has 3 rings (SSSR count). The normalized spacial score (nSPS) is 10.8. The summed E-state index contributed by atoms with van der Waals surface area (Å²) < 4.78 is 0. The number of nitro benzene ring substituents is 1. The highest BCUT2D eigenvalue weighted by atomic mass is 16.6. The van der Waals surface area contributed by atoms with Crippen LogP contribution >= 0.6 is 0 Å². The Kier molecular flexibility index (Phi) is 4.36. The number of fused-ring (bicyclic) bond motifs is 1. The Balaban J connectivity index is 2.18. The molecule has 25 heavy (non-hydrogen) atoms. The molecule has 0 unspecified atom stereocenters. The first-order valence-corrected chi connectivity index (χ1v) is 7.59. The molecule has 1 aromatic heterocycles. The molecule has 0 bridgehead atoms. The molecule has 8 nitrogen and oxygen atoms in total. The lowest BCUT2D eigenvalue weighted by Crippen LogP contribution is -2.14. The lowest BCUT2D eigenvalue weighted by Gasteiger charge is -2.10. The number of nitrogens with one attached hydrogen (secondary N) is 2. The smallest absolute Gasteiger partial charge is 0.292 e. The summed E-state index contributed by atoms with van der Waals surface area (Å²) in [4.78, 5) is 26.1. The molecule has 5 N–H and O–H groups in total. The number of para-hydroxylation sites is 1. The highest BCUT2D eigenvalue weighted by Gasteiger charge is 2.18. The van der Waals surface area contributed by atoms with Crippen LogP contribution in [0.3, 0.4) is 0 Å². The average molecular weight is 340 g/mol. The zero-order valence-electron chi connectivity index (χ0n) is 13.2. The largest absolute Gasteiger partial charge is 0.503 e. The number of aromatic nitrogens is 1. The lowest BCUT2D eigenvalue weighted by molar-refractivity contribution is -0.383. The third-order valence-electron chi connectivity index (χ3n) is 3.83. The fourth-order valence-electron chi connectivity index (χ4n) is 2.63. The summed E-state index contributed by atoms with van der Waals surface area (Å²) in [5.41, 5.74) is 6.04. The summed E-state index contributed by atoms with van der Waals surface area (Å²) in [6.07, 6.45) is 0. The molecular formula is C17H16N4O4. The van der Waals surface area contributed by atoms with Gasteiger partial charge in [0.25, 0.3) is 5.69 Å². The zero-order chi connectivity index (χ0) is 18.0. The van der Waals surface area contributed by atoms with E-state index in [0.29, 0.717) is 35.2 Å². The second-order valence-corrected chi connectivity index (χ2v) is 5.43. The van der Waals surface area contributed by atoms with Gasteiger partial charge in [-0.05, 0) is 18.2 Å². The number of benzene rings is 2. The van der Waals surface area contributed by atoms with Crippen molar-refractivity contribution in [1.29, 1.82) is 0 Å². The minimum atomic E-state index is -0.530. The minimum absolute atomic E-state index is 0.136. The summed E-state index contributed by atoms with van der Waals surface area (Å²) in [5.74, 6) is -0.476. The van der Waals surface area contributed by atoms with Crippen LogP contribution in [0.2, 0.25) is 0 Å². The van der Waals surface area contributed by atoms with E-state index >= 15 is 0 Å². The van der Waals surface area contributed by atoms with Crippen LogP contribution in [-0.2, 0) is 0 Å². The van der Waals surface area contributed by atoms with E-state index in [-0.39, 0.29) is 11.4 Å². The van der Waals surface area contributed by atoms with Crippen LogP contribution in [0.25, 0.3) is 22.2 Å². The number of anilines is 1. The molecule has 1 heterocycles. The number of hydrogen-bond acceptors (Lipinski definition) is 6. The SMILES string of the molecule is NCCNc1ccc(-c2[nH]c3ccccc3c(=O)c2O)cc1[N+](=O)[O-]. The predicted octanol–water partition coefficient (Wildman–Crippen LogP) is 2.18. The van der Waals surface area contributed by atoms with E-state index < -0.39 is 16.1 Å². The van der Waals surface area contributed by atoms with Gasteiger partial charge in [-0.3, -0.25) is 14.9 Å². The lowest BCUT2D eigenvalue weighted by atomic mass is 10.1. The molecule has 0 amide bonds. The van der Waals surface area contributed by atoms with Crippen LogP contribution in [0.1, 0.15) is 0 Å². The molecule has 0 aliphatic rings. The van der Waals surface area contributed by atoms with Crippen molar-refractivity contribution < 1.29 is 10.0 Å². The van der Waals surface area contributed by atoms with Gasteiger partial charge in [0.2, 0.25) is 5.43 Å². The van der Waals surface area contributed by atoms with E-state index in [1.807, 2.05) is 0 Å². The number of pyridine rings is 1. The molecule has 3 aromatic rings. The molecule has 0 radical (unpaired) electrons. The maximum atomic E-state index is 12.3. The van der Waals surface area contributed by atoms with E-state index in [2.05, 4.69) is 10.3 Å². The van der Waals surface area contributed by atoms with Gasteiger partial charge < -0.3 is 21.1 Å². The predicted molar refractivity (Wildman–Crippen MR) is 95.9 cm³/mol. The molecule has 0 aliphatic carbocycles. The van der Waals surface area contributed by atoms with Crippen LogP contribution in [-0.4, -0.2) is 28.1 Å². The standard InChI is InChI=1S/C17H16N4O4/c18-7-8-19-13-6-5-10(9-14(13)21(24)25)15-17(23)16(22)11-3-1-2-4-12(11)20-15/h1-6,9,19,23H,7-8,18H2,(H,20,22). The first kappa shape index (κ1) is 16.5. The molecule has 0 saturated heterocycles. The quantitative estimate of drug-likeness (QED) is 0.415. The fraction of sp³-hybridized carbons (Fsp3) is 0.118. The second-order valence-electron chi connectivity index (χ2n) is 5.43. The van der Waals surface area contributed by atoms with Crippen LogP contribution in [0, 0.1) is 10.1 Å². The molecule has 0 aliphatic heterocycles. The van der Waals surface area contributed by atoms with E-state index in [4.69, 9.17) is 5.73 Å². The van der Waals surface area contributed by atoms with Crippen molar-refractivity contribution in [2.45, 2.75) is 0 Å². The second kappa shape index (κ2) is 6.62. The summed E-state index contributed by atoms with van der Waals surface area (Å²) in [7, 11) is 0.